The summed E-state index contributed by atoms with van der Waals surface area (Å²) < 4.78 is 18.5. The number of anilines is 1. The molecule has 3 aromatic rings. The van der Waals surface area contributed by atoms with Crippen LogP contribution in [-0.4, -0.2) is 28.4 Å². The quantitative estimate of drug-likeness (QED) is 0.420. The second-order valence-corrected chi connectivity index (χ2v) is 5.43. The Labute approximate surface area is 151 Å². The van der Waals surface area contributed by atoms with E-state index in [4.69, 9.17) is 4.74 Å². The van der Waals surface area contributed by atoms with Gasteiger partial charge in [-0.25, -0.2) is 14.2 Å². The molecule has 0 aliphatic rings. The first kappa shape index (κ1) is 17.9. The molecule has 9 heteroatoms. The van der Waals surface area contributed by atoms with Crippen molar-refractivity contribution in [3.63, 3.8) is 0 Å². The van der Waals surface area contributed by atoms with Crippen molar-refractivity contribution in [2.45, 2.75) is 0 Å². The molecule has 0 spiro atoms. The Morgan fingerprint density at radius 1 is 1.15 bits per heavy atom. The van der Waals surface area contributed by atoms with Crippen LogP contribution >= 0.6 is 0 Å². The average molecular weight is 369 g/mol. The van der Waals surface area contributed by atoms with Gasteiger partial charge in [0.15, 0.2) is 6.61 Å². The average Bonchev–Trinajstić information content (AvgIpc) is 2.67. The molecule has 8 nitrogen and oxygen atoms in total. The number of pyridine rings is 1. The van der Waals surface area contributed by atoms with Crippen LogP contribution in [0.5, 0.6) is 0 Å². The van der Waals surface area contributed by atoms with Crippen LogP contribution in [0.15, 0.2) is 54.6 Å². The highest BCUT2D eigenvalue weighted by atomic mass is 19.1. The Morgan fingerprint density at radius 3 is 2.70 bits per heavy atom. The van der Waals surface area contributed by atoms with Crippen molar-refractivity contribution in [2.75, 3.05) is 11.9 Å². The number of hydrogen-bond donors (Lipinski definition) is 1. The van der Waals surface area contributed by atoms with E-state index in [1.807, 2.05) is 12.1 Å². The molecule has 1 N–H and O–H groups in total. The number of nitrogens with zero attached hydrogens (tertiary/aromatic N) is 2. The molecule has 0 unspecified atom stereocenters. The molecule has 0 saturated carbocycles. The monoisotopic (exact) mass is 369 g/mol. The Balaban J connectivity index is 1.64. The minimum atomic E-state index is -0.850. The maximum atomic E-state index is 13.7. The normalized spacial score (nSPS) is 10.4. The Kier molecular flexibility index (Phi) is 5.02. The number of nitro groups is 1. The molecule has 1 heterocycles. The minimum Gasteiger partial charge on any atom is -0.451 e. The number of fused-ring (bicyclic) bond motifs is 1. The molecule has 1 amide bonds. The number of nitro benzene ring substituents is 1. The molecule has 0 atom stereocenters. The van der Waals surface area contributed by atoms with Gasteiger partial charge in [-0.2, -0.15) is 0 Å². The van der Waals surface area contributed by atoms with Gasteiger partial charge in [-0.3, -0.25) is 14.9 Å². The molecule has 0 aliphatic carbocycles. The molecule has 0 bridgehead atoms. The lowest BCUT2D eigenvalue weighted by atomic mass is 10.2. The van der Waals surface area contributed by atoms with Gasteiger partial charge in [-0.15, -0.1) is 0 Å². The summed E-state index contributed by atoms with van der Waals surface area (Å²) in [5, 5.41) is 13.7. The fourth-order valence-corrected chi connectivity index (χ4v) is 2.29. The number of non-ortho nitro benzene ring substituents is 1. The number of para-hydroxylation sites is 1. The molecule has 0 fully saturated rings. The molecule has 0 saturated heterocycles. The maximum Gasteiger partial charge on any atom is 0.357 e. The highest BCUT2D eigenvalue weighted by Crippen LogP contribution is 2.21. The summed E-state index contributed by atoms with van der Waals surface area (Å²) >= 11 is 0. The molecule has 2 aromatic carbocycles. The van der Waals surface area contributed by atoms with Crippen molar-refractivity contribution in [2.24, 2.45) is 0 Å². The van der Waals surface area contributed by atoms with Crippen LogP contribution in [0, 0.1) is 15.9 Å². The Hall–Kier alpha value is -3.88. The Bertz CT molecular complexity index is 1050. The number of rotatable bonds is 5. The molecule has 0 radical (unpaired) electrons. The third kappa shape index (κ3) is 4.21. The van der Waals surface area contributed by atoms with Gasteiger partial charge in [0, 0.05) is 17.5 Å². The zero-order chi connectivity index (χ0) is 19.4. The lowest BCUT2D eigenvalue weighted by Gasteiger charge is -2.07. The summed E-state index contributed by atoms with van der Waals surface area (Å²) in [6.45, 7) is -0.699. The van der Waals surface area contributed by atoms with Gasteiger partial charge in [0.05, 0.1) is 16.1 Å². The van der Waals surface area contributed by atoms with E-state index in [0.29, 0.717) is 5.52 Å². The largest absolute Gasteiger partial charge is 0.451 e. The van der Waals surface area contributed by atoms with Gasteiger partial charge in [0.2, 0.25) is 0 Å². The summed E-state index contributed by atoms with van der Waals surface area (Å²) in [6.07, 6.45) is 0. The van der Waals surface area contributed by atoms with Gasteiger partial charge in [-0.1, -0.05) is 24.3 Å². The van der Waals surface area contributed by atoms with Crippen molar-refractivity contribution in [1.29, 1.82) is 0 Å². The van der Waals surface area contributed by atoms with E-state index in [1.165, 1.54) is 6.07 Å². The first-order valence-corrected chi connectivity index (χ1v) is 7.71. The van der Waals surface area contributed by atoms with Crippen molar-refractivity contribution in [3.8, 4) is 0 Å². The van der Waals surface area contributed by atoms with Crippen LogP contribution in [0.1, 0.15) is 10.5 Å². The lowest BCUT2D eigenvalue weighted by molar-refractivity contribution is -0.384. The van der Waals surface area contributed by atoms with Crippen molar-refractivity contribution in [1.82, 2.24) is 4.98 Å². The third-order valence-electron chi connectivity index (χ3n) is 3.58. The Morgan fingerprint density at radius 2 is 1.93 bits per heavy atom. The van der Waals surface area contributed by atoms with E-state index < -0.39 is 29.2 Å². The molecule has 136 valence electrons. The summed E-state index contributed by atoms with van der Waals surface area (Å²) in [5.41, 5.74) is -0.156. The maximum absolute atomic E-state index is 13.7. The number of benzene rings is 2. The van der Waals surface area contributed by atoms with Gasteiger partial charge in [0.1, 0.15) is 11.5 Å². The van der Waals surface area contributed by atoms with Crippen LogP contribution < -0.4 is 5.32 Å². The summed E-state index contributed by atoms with van der Waals surface area (Å²) in [6, 6.07) is 13.0. The van der Waals surface area contributed by atoms with E-state index in [0.717, 1.165) is 23.6 Å². The molecule has 3 rings (SSSR count). The first-order valence-electron chi connectivity index (χ1n) is 7.71. The number of carbonyl (C=O) groups is 2. The zero-order valence-electron chi connectivity index (χ0n) is 13.7. The standard InChI is InChI=1S/C18H12FN3O5/c19-13-7-6-12(22(25)26)9-16(13)21-17(23)10-27-18(24)15-8-5-11-3-1-2-4-14(11)20-15/h1-9H,10H2,(H,21,23). The molecule has 1 aromatic heterocycles. The van der Waals surface area contributed by atoms with Crippen LogP contribution in [0.2, 0.25) is 0 Å². The second kappa shape index (κ2) is 7.56. The zero-order valence-corrected chi connectivity index (χ0v) is 13.7. The van der Waals surface area contributed by atoms with E-state index in [2.05, 4.69) is 10.3 Å². The molecular weight excluding hydrogens is 357 g/mol. The topological polar surface area (TPSA) is 111 Å². The highest BCUT2D eigenvalue weighted by Gasteiger charge is 2.16. The second-order valence-electron chi connectivity index (χ2n) is 5.43. The van der Waals surface area contributed by atoms with Crippen molar-refractivity contribution in [3.05, 3.63) is 76.2 Å². The van der Waals surface area contributed by atoms with E-state index >= 15 is 0 Å². The summed E-state index contributed by atoms with van der Waals surface area (Å²) in [4.78, 5) is 38.0. The van der Waals surface area contributed by atoms with Gasteiger partial charge >= 0.3 is 5.97 Å². The van der Waals surface area contributed by atoms with E-state index in [9.17, 15) is 24.1 Å². The van der Waals surface area contributed by atoms with Crippen LogP contribution in [0.25, 0.3) is 10.9 Å². The smallest absolute Gasteiger partial charge is 0.357 e. The SMILES string of the molecule is O=C(COC(=O)c1ccc2ccccc2n1)Nc1cc([N+](=O)[O-])ccc1F. The summed E-state index contributed by atoms with van der Waals surface area (Å²) in [7, 11) is 0. The predicted molar refractivity (Wildman–Crippen MR) is 93.7 cm³/mol. The highest BCUT2D eigenvalue weighted by molar-refractivity contribution is 5.96. The van der Waals surface area contributed by atoms with Gasteiger partial charge in [0.25, 0.3) is 11.6 Å². The van der Waals surface area contributed by atoms with Crippen LogP contribution in [0.3, 0.4) is 0 Å². The van der Waals surface area contributed by atoms with E-state index in [1.54, 1.807) is 18.2 Å². The van der Waals surface area contributed by atoms with Crippen molar-refractivity contribution >= 4 is 34.2 Å². The number of ether oxygens (including phenoxy) is 1. The fourth-order valence-electron chi connectivity index (χ4n) is 2.29. The van der Waals surface area contributed by atoms with Crippen LogP contribution in [-0.2, 0) is 9.53 Å². The number of nitrogens with one attached hydrogen (secondary N) is 1. The summed E-state index contributed by atoms with van der Waals surface area (Å²) in [5.74, 6) is -2.52. The number of hydrogen-bond acceptors (Lipinski definition) is 6. The number of carbonyl (C=O) groups excluding carboxylic acids is 2. The first-order chi connectivity index (χ1) is 12.9. The van der Waals surface area contributed by atoms with Crippen molar-refractivity contribution < 1.29 is 23.6 Å². The van der Waals surface area contributed by atoms with Gasteiger partial charge in [-0.05, 0) is 18.2 Å². The third-order valence-corrected chi connectivity index (χ3v) is 3.58. The number of amides is 1. The lowest BCUT2D eigenvalue weighted by Crippen LogP contribution is -2.22. The minimum absolute atomic E-state index is 0.0167. The predicted octanol–water partition coefficient (Wildman–Crippen LogP) is 3.08. The van der Waals surface area contributed by atoms with Gasteiger partial charge < -0.3 is 10.1 Å². The van der Waals surface area contributed by atoms with Crippen LogP contribution in [0.4, 0.5) is 15.8 Å². The number of esters is 1. The molecular formula is C18H12FN3O5. The fraction of sp³-hybridized carbons (Fsp3) is 0.0556. The number of aromatic nitrogens is 1. The molecule has 27 heavy (non-hydrogen) atoms. The van der Waals surface area contributed by atoms with E-state index in [-0.39, 0.29) is 17.1 Å². The number of halogens is 1. The molecule has 0 aliphatic heterocycles.